The van der Waals surface area contributed by atoms with E-state index in [1.54, 1.807) is 0 Å². The number of aromatic nitrogens is 2. The summed E-state index contributed by atoms with van der Waals surface area (Å²) in [5, 5.41) is 3.20. The third-order valence-corrected chi connectivity index (χ3v) is 2.94. The number of benzene rings is 1. The molecule has 0 atom stereocenters. The molecule has 0 bridgehead atoms. The van der Waals surface area contributed by atoms with E-state index in [1.165, 1.54) is 0 Å². The molecule has 0 saturated heterocycles. The van der Waals surface area contributed by atoms with E-state index in [-0.39, 0.29) is 0 Å². The molecule has 17 heavy (non-hydrogen) atoms. The fourth-order valence-corrected chi connectivity index (χ4v) is 1.74. The first kappa shape index (κ1) is 12.2. The van der Waals surface area contributed by atoms with Crippen molar-refractivity contribution in [1.82, 2.24) is 15.3 Å². The van der Waals surface area contributed by atoms with E-state index in [9.17, 15) is 0 Å². The Morgan fingerprint density at radius 2 is 1.71 bits per heavy atom. The smallest absolute Gasteiger partial charge is 0.141 e. The summed E-state index contributed by atoms with van der Waals surface area (Å²) in [6, 6.07) is 8.13. The number of rotatable bonds is 4. The summed E-state index contributed by atoms with van der Waals surface area (Å²) >= 11 is 3.42. The van der Waals surface area contributed by atoms with Crippen molar-refractivity contribution < 1.29 is 0 Å². The molecule has 0 fully saturated rings. The van der Waals surface area contributed by atoms with Gasteiger partial charge in [-0.1, -0.05) is 35.0 Å². The molecule has 2 rings (SSSR count). The molecule has 0 unspecified atom stereocenters. The third kappa shape index (κ3) is 3.35. The van der Waals surface area contributed by atoms with Crippen LogP contribution in [-0.4, -0.2) is 16.5 Å². The molecule has 4 heteroatoms. The summed E-state index contributed by atoms with van der Waals surface area (Å²) in [4.78, 5) is 8.66. The van der Waals surface area contributed by atoms with Gasteiger partial charge in [0.15, 0.2) is 0 Å². The van der Waals surface area contributed by atoms with Crippen molar-refractivity contribution in [2.75, 3.05) is 6.54 Å². The Morgan fingerprint density at radius 3 is 2.29 bits per heavy atom. The second-order valence-corrected chi connectivity index (χ2v) is 4.59. The van der Waals surface area contributed by atoms with Gasteiger partial charge in [0.05, 0.1) is 6.54 Å². The quantitative estimate of drug-likeness (QED) is 0.941. The molecule has 0 radical (unpaired) electrons. The molecule has 0 aliphatic heterocycles. The fourth-order valence-electron chi connectivity index (χ4n) is 1.47. The average molecular weight is 292 g/mol. The minimum atomic E-state index is 0.719. The number of nitrogens with one attached hydrogen (secondary N) is 1. The lowest BCUT2D eigenvalue weighted by atomic mass is 10.1. The highest BCUT2D eigenvalue weighted by molar-refractivity contribution is 9.10. The van der Waals surface area contributed by atoms with Crippen LogP contribution in [0.5, 0.6) is 0 Å². The Bertz CT molecular complexity index is 465. The number of nitrogens with zero attached hydrogens (tertiary/aromatic N) is 2. The number of hydrogen-bond acceptors (Lipinski definition) is 3. The van der Waals surface area contributed by atoms with Gasteiger partial charge in [0.25, 0.3) is 0 Å². The minimum absolute atomic E-state index is 0.719. The first-order chi connectivity index (χ1) is 8.29. The van der Waals surface area contributed by atoms with Crippen LogP contribution < -0.4 is 5.32 Å². The molecule has 88 valence electrons. The molecule has 0 aliphatic carbocycles. The van der Waals surface area contributed by atoms with Crippen LogP contribution in [0.3, 0.4) is 0 Å². The van der Waals surface area contributed by atoms with Crippen molar-refractivity contribution in [3.05, 3.63) is 47.0 Å². The van der Waals surface area contributed by atoms with Crippen molar-refractivity contribution >= 4 is 15.9 Å². The first-order valence-corrected chi connectivity index (χ1v) is 6.36. The molecular weight excluding hydrogens is 278 g/mol. The maximum Gasteiger partial charge on any atom is 0.141 e. The van der Waals surface area contributed by atoms with E-state index in [0.717, 1.165) is 34.5 Å². The highest BCUT2D eigenvalue weighted by Crippen LogP contribution is 2.20. The van der Waals surface area contributed by atoms with E-state index in [1.807, 2.05) is 36.7 Å². The molecule has 3 nitrogen and oxygen atoms in total. The van der Waals surface area contributed by atoms with E-state index in [2.05, 4.69) is 38.1 Å². The van der Waals surface area contributed by atoms with Gasteiger partial charge < -0.3 is 5.32 Å². The highest BCUT2D eigenvalue weighted by atomic mass is 79.9. The highest BCUT2D eigenvalue weighted by Gasteiger charge is 2.00. The molecule has 1 heterocycles. The lowest BCUT2D eigenvalue weighted by molar-refractivity contribution is 0.690. The van der Waals surface area contributed by atoms with Crippen LogP contribution >= 0.6 is 15.9 Å². The Morgan fingerprint density at radius 1 is 1.06 bits per heavy atom. The standard InChI is InChI=1S/C13H14BrN3/c1-2-15-9-13-16-7-11(8-17-13)10-3-5-12(14)6-4-10/h3-8,15H,2,9H2,1H3. The summed E-state index contributed by atoms with van der Waals surface area (Å²) in [7, 11) is 0. The molecule has 0 saturated carbocycles. The predicted octanol–water partition coefficient (Wildman–Crippen LogP) is 3.02. The Hall–Kier alpha value is -1.26. The van der Waals surface area contributed by atoms with Crippen molar-refractivity contribution in [2.45, 2.75) is 13.5 Å². The maximum absolute atomic E-state index is 4.33. The van der Waals surface area contributed by atoms with Gasteiger partial charge in [-0.15, -0.1) is 0 Å². The lowest BCUT2D eigenvalue weighted by Crippen LogP contribution is -2.14. The second kappa shape index (κ2) is 5.89. The third-order valence-electron chi connectivity index (χ3n) is 2.42. The van der Waals surface area contributed by atoms with Gasteiger partial charge in [0.2, 0.25) is 0 Å². The zero-order valence-electron chi connectivity index (χ0n) is 9.65. The van der Waals surface area contributed by atoms with Crippen molar-refractivity contribution in [3.8, 4) is 11.1 Å². The monoisotopic (exact) mass is 291 g/mol. The van der Waals surface area contributed by atoms with E-state index in [0.29, 0.717) is 0 Å². The molecule has 0 amide bonds. The molecule has 1 aromatic carbocycles. The Labute approximate surface area is 109 Å². The number of hydrogen-bond donors (Lipinski definition) is 1. The van der Waals surface area contributed by atoms with Crippen LogP contribution in [0.1, 0.15) is 12.7 Å². The van der Waals surface area contributed by atoms with Gasteiger partial charge in [-0.25, -0.2) is 9.97 Å². The van der Waals surface area contributed by atoms with Crippen molar-refractivity contribution in [3.63, 3.8) is 0 Å². The van der Waals surface area contributed by atoms with E-state index < -0.39 is 0 Å². The molecule has 0 aliphatic rings. The predicted molar refractivity (Wildman–Crippen MR) is 72.5 cm³/mol. The van der Waals surface area contributed by atoms with Crippen LogP contribution in [0.2, 0.25) is 0 Å². The molecule has 0 spiro atoms. The Balaban J connectivity index is 2.14. The summed E-state index contributed by atoms with van der Waals surface area (Å²) in [6.07, 6.45) is 3.73. The molecule has 1 aromatic heterocycles. The minimum Gasteiger partial charge on any atom is -0.310 e. The topological polar surface area (TPSA) is 37.8 Å². The first-order valence-electron chi connectivity index (χ1n) is 5.57. The zero-order chi connectivity index (χ0) is 12.1. The van der Waals surface area contributed by atoms with Gasteiger partial charge >= 0.3 is 0 Å². The van der Waals surface area contributed by atoms with Crippen LogP contribution in [-0.2, 0) is 6.54 Å². The van der Waals surface area contributed by atoms with Crippen molar-refractivity contribution in [2.24, 2.45) is 0 Å². The average Bonchev–Trinajstić information content (AvgIpc) is 2.38. The van der Waals surface area contributed by atoms with Gasteiger partial charge in [-0.3, -0.25) is 0 Å². The van der Waals surface area contributed by atoms with Crippen molar-refractivity contribution in [1.29, 1.82) is 0 Å². The molecular formula is C13H14BrN3. The summed E-state index contributed by atoms with van der Waals surface area (Å²) in [6.45, 7) is 3.71. The lowest BCUT2D eigenvalue weighted by Gasteiger charge is -2.03. The zero-order valence-corrected chi connectivity index (χ0v) is 11.2. The second-order valence-electron chi connectivity index (χ2n) is 3.68. The van der Waals surface area contributed by atoms with E-state index in [4.69, 9.17) is 0 Å². The Kier molecular flexibility index (Phi) is 4.23. The van der Waals surface area contributed by atoms with Gasteiger partial charge in [0.1, 0.15) is 5.82 Å². The van der Waals surface area contributed by atoms with Crippen LogP contribution in [0.25, 0.3) is 11.1 Å². The summed E-state index contributed by atoms with van der Waals surface area (Å²) < 4.78 is 1.07. The van der Waals surface area contributed by atoms with E-state index >= 15 is 0 Å². The summed E-state index contributed by atoms with van der Waals surface area (Å²) in [5.41, 5.74) is 2.17. The molecule has 1 N–H and O–H groups in total. The normalized spacial score (nSPS) is 10.5. The largest absolute Gasteiger partial charge is 0.310 e. The SMILES string of the molecule is CCNCc1ncc(-c2ccc(Br)cc2)cn1. The van der Waals surface area contributed by atoms with Gasteiger partial charge in [0, 0.05) is 22.4 Å². The van der Waals surface area contributed by atoms with Crippen LogP contribution in [0, 0.1) is 0 Å². The summed E-state index contributed by atoms with van der Waals surface area (Å²) in [5.74, 6) is 0.827. The fraction of sp³-hybridized carbons (Fsp3) is 0.231. The van der Waals surface area contributed by atoms with Crippen LogP contribution in [0.15, 0.2) is 41.1 Å². The van der Waals surface area contributed by atoms with Gasteiger partial charge in [-0.2, -0.15) is 0 Å². The number of halogens is 1. The molecule has 2 aromatic rings. The van der Waals surface area contributed by atoms with Gasteiger partial charge in [-0.05, 0) is 24.2 Å². The van der Waals surface area contributed by atoms with Crippen LogP contribution in [0.4, 0.5) is 0 Å². The maximum atomic E-state index is 4.33.